The highest BCUT2D eigenvalue weighted by Gasteiger charge is 2.54. The molecule has 1 saturated heterocycles. The van der Waals surface area contributed by atoms with Crippen LogP contribution in [-0.4, -0.2) is 78.5 Å². The number of benzene rings is 1. The highest BCUT2D eigenvalue weighted by molar-refractivity contribution is 6.30. The second-order valence-electron chi connectivity index (χ2n) is 7.20. The third-order valence-corrected chi connectivity index (χ3v) is 5.46. The zero-order chi connectivity index (χ0) is 20.6. The van der Waals surface area contributed by atoms with E-state index in [1.165, 1.54) is 0 Å². The molecule has 1 aliphatic heterocycles. The third-order valence-electron chi connectivity index (χ3n) is 5.21. The minimum absolute atomic E-state index is 0.0776. The topological polar surface area (TPSA) is 151 Å². The molecule has 0 bridgehead atoms. The first-order valence-electron chi connectivity index (χ1n) is 8.76. The summed E-state index contributed by atoms with van der Waals surface area (Å²) in [6, 6.07) is 6.55. The largest absolute Gasteiger partial charge is 0.512 e. The van der Waals surface area contributed by atoms with Gasteiger partial charge < -0.3 is 40.5 Å². The van der Waals surface area contributed by atoms with Gasteiger partial charge in [-0.25, -0.2) is 0 Å². The molecule has 2 aliphatic rings. The Morgan fingerprint density at radius 2 is 1.64 bits per heavy atom. The second-order valence-corrected chi connectivity index (χ2v) is 7.64. The van der Waals surface area contributed by atoms with E-state index in [1.54, 1.807) is 24.3 Å². The molecule has 0 saturated carbocycles. The summed E-state index contributed by atoms with van der Waals surface area (Å²) >= 11 is 5.87. The summed E-state index contributed by atoms with van der Waals surface area (Å²) in [5, 5.41) is 72.1. The van der Waals surface area contributed by atoms with Gasteiger partial charge in [0.2, 0.25) is 0 Å². The highest BCUT2D eigenvalue weighted by atomic mass is 35.5. The van der Waals surface area contributed by atoms with Crippen LogP contribution in [0.1, 0.15) is 5.56 Å². The summed E-state index contributed by atoms with van der Waals surface area (Å²) in [6.45, 7) is -0.644. The van der Waals surface area contributed by atoms with Gasteiger partial charge in [0, 0.05) is 17.5 Å². The Labute approximate surface area is 166 Å². The van der Waals surface area contributed by atoms with Crippen LogP contribution in [0.15, 0.2) is 47.9 Å². The van der Waals surface area contributed by atoms with Crippen molar-refractivity contribution in [2.24, 2.45) is 5.92 Å². The fourth-order valence-electron chi connectivity index (χ4n) is 3.83. The van der Waals surface area contributed by atoms with Crippen molar-refractivity contribution in [1.29, 1.82) is 0 Å². The van der Waals surface area contributed by atoms with E-state index in [2.05, 4.69) is 0 Å². The summed E-state index contributed by atoms with van der Waals surface area (Å²) < 4.78 is 5.53. The van der Waals surface area contributed by atoms with E-state index in [1.807, 2.05) is 0 Å². The van der Waals surface area contributed by atoms with Crippen LogP contribution in [-0.2, 0) is 11.2 Å². The molecule has 1 aromatic rings. The number of rotatable bonds is 4. The number of aliphatic hydroxyl groups is 7. The highest BCUT2D eigenvalue weighted by Crippen LogP contribution is 2.41. The number of aliphatic hydroxyl groups excluding tert-OH is 6. The Bertz CT molecular complexity index is 762. The molecule has 7 atom stereocenters. The zero-order valence-electron chi connectivity index (χ0n) is 14.8. The van der Waals surface area contributed by atoms with Crippen molar-refractivity contribution in [3.8, 4) is 0 Å². The van der Waals surface area contributed by atoms with Crippen LogP contribution in [0.2, 0.25) is 5.02 Å². The molecule has 0 aromatic heterocycles. The van der Waals surface area contributed by atoms with Gasteiger partial charge in [0.1, 0.15) is 41.5 Å². The lowest BCUT2D eigenvalue weighted by molar-refractivity contribution is -0.251. The lowest BCUT2D eigenvalue weighted by Crippen LogP contribution is -2.63. The first kappa shape index (κ1) is 21.1. The standard InChI is InChI=1S/C19H23ClO8/c20-10-3-1-9(2-4-10)6-19(27)7-11(22)5-12(23)14(19)18-17(26)16(25)15(24)13(8-21)28-18/h1-5,7,13-18,21-27H,6,8H2/t13-,14?,15-,16+,17-,18?,19?/m1/s1. The van der Waals surface area contributed by atoms with Crippen molar-refractivity contribution < 1.29 is 40.5 Å². The Morgan fingerprint density at radius 1 is 1.00 bits per heavy atom. The van der Waals surface area contributed by atoms with E-state index in [-0.39, 0.29) is 12.2 Å². The van der Waals surface area contributed by atoms with Gasteiger partial charge in [-0.1, -0.05) is 23.7 Å². The molecular formula is C19H23ClO8. The maximum Gasteiger partial charge on any atom is 0.117 e. The van der Waals surface area contributed by atoms with Crippen molar-refractivity contribution in [3.63, 3.8) is 0 Å². The van der Waals surface area contributed by atoms with Gasteiger partial charge in [-0.3, -0.25) is 0 Å². The van der Waals surface area contributed by atoms with E-state index >= 15 is 0 Å². The van der Waals surface area contributed by atoms with Crippen molar-refractivity contribution in [3.05, 3.63) is 58.5 Å². The molecule has 7 N–H and O–H groups in total. The summed E-state index contributed by atoms with van der Waals surface area (Å²) in [5.74, 6) is -2.14. The molecule has 154 valence electrons. The van der Waals surface area contributed by atoms with Crippen LogP contribution in [0.5, 0.6) is 0 Å². The normalized spacial score (nSPS) is 38.6. The fourth-order valence-corrected chi connectivity index (χ4v) is 3.96. The lowest BCUT2D eigenvalue weighted by Gasteiger charge is -2.47. The molecular weight excluding hydrogens is 392 g/mol. The molecule has 9 heteroatoms. The molecule has 8 nitrogen and oxygen atoms in total. The van der Waals surface area contributed by atoms with Gasteiger partial charge in [-0.2, -0.15) is 0 Å². The van der Waals surface area contributed by atoms with Crippen molar-refractivity contribution in [2.45, 2.75) is 42.5 Å². The van der Waals surface area contributed by atoms with Gasteiger partial charge in [0.05, 0.1) is 18.6 Å². The smallest absolute Gasteiger partial charge is 0.117 e. The molecule has 1 aromatic carbocycles. The Kier molecular flexibility index (Phi) is 6.02. The summed E-state index contributed by atoms with van der Waals surface area (Å²) in [5.41, 5.74) is -1.27. The molecule has 3 rings (SSSR count). The molecule has 28 heavy (non-hydrogen) atoms. The minimum atomic E-state index is -1.90. The van der Waals surface area contributed by atoms with Gasteiger partial charge in [-0.05, 0) is 23.8 Å². The van der Waals surface area contributed by atoms with E-state index in [4.69, 9.17) is 16.3 Å². The average Bonchev–Trinajstić information content (AvgIpc) is 2.62. The quantitative estimate of drug-likeness (QED) is 0.363. The number of hydrogen-bond donors (Lipinski definition) is 7. The number of ether oxygens (including phenoxy) is 1. The van der Waals surface area contributed by atoms with E-state index in [0.717, 1.165) is 12.2 Å². The van der Waals surface area contributed by atoms with Crippen LogP contribution in [0, 0.1) is 5.92 Å². The first-order chi connectivity index (χ1) is 13.2. The Balaban J connectivity index is 1.98. The van der Waals surface area contributed by atoms with Gasteiger partial charge in [-0.15, -0.1) is 0 Å². The number of halogens is 1. The zero-order valence-corrected chi connectivity index (χ0v) is 15.5. The molecule has 0 spiro atoms. The lowest BCUT2D eigenvalue weighted by atomic mass is 9.72. The van der Waals surface area contributed by atoms with Crippen molar-refractivity contribution >= 4 is 11.6 Å². The van der Waals surface area contributed by atoms with Gasteiger partial charge in [0.15, 0.2) is 0 Å². The molecule has 1 heterocycles. The number of hydrogen-bond acceptors (Lipinski definition) is 8. The van der Waals surface area contributed by atoms with E-state index in [9.17, 15) is 35.7 Å². The molecule has 1 fully saturated rings. The van der Waals surface area contributed by atoms with Gasteiger partial charge >= 0.3 is 0 Å². The summed E-state index contributed by atoms with van der Waals surface area (Å²) in [4.78, 5) is 0. The Morgan fingerprint density at radius 3 is 2.25 bits per heavy atom. The monoisotopic (exact) mass is 414 g/mol. The van der Waals surface area contributed by atoms with Crippen molar-refractivity contribution in [2.75, 3.05) is 6.61 Å². The predicted molar refractivity (Wildman–Crippen MR) is 98.8 cm³/mol. The minimum Gasteiger partial charge on any atom is -0.512 e. The van der Waals surface area contributed by atoms with Crippen molar-refractivity contribution in [1.82, 2.24) is 0 Å². The number of allylic oxidation sites excluding steroid dienone is 1. The van der Waals surface area contributed by atoms with Crippen LogP contribution in [0.3, 0.4) is 0 Å². The molecule has 1 aliphatic carbocycles. The predicted octanol–water partition coefficient (Wildman–Crippen LogP) is -0.0304. The molecule has 0 radical (unpaired) electrons. The van der Waals surface area contributed by atoms with Gasteiger partial charge in [0.25, 0.3) is 0 Å². The summed E-state index contributed by atoms with van der Waals surface area (Å²) in [6.07, 6.45) is -5.42. The van der Waals surface area contributed by atoms with Crippen LogP contribution in [0.25, 0.3) is 0 Å². The van der Waals surface area contributed by atoms with Crippen LogP contribution < -0.4 is 0 Å². The fraction of sp³-hybridized carbons (Fsp3) is 0.474. The maximum atomic E-state index is 11.3. The third kappa shape index (κ3) is 3.90. The molecule has 3 unspecified atom stereocenters. The average molecular weight is 415 g/mol. The van der Waals surface area contributed by atoms with Crippen LogP contribution in [0.4, 0.5) is 0 Å². The van der Waals surface area contributed by atoms with E-state index < -0.39 is 54.4 Å². The second kappa shape index (κ2) is 8.00. The van der Waals surface area contributed by atoms with E-state index in [0.29, 0.717) is 10.6 Å². The summed E-state index contributed by atoms with van der Waals surface area (Å²) in [7, 11) is 0. The maximum absolute atomic E-state index is 11.3. The SMILES string of the molecule is OC[C@H]1OC(C2C(O)=CC(O)=CC2(O)Cc2ccc(Cl)cc2)[C@H](O)[C@@H](O)[C@@H]1O. The Hall–Kier alpha value is -1.65. The van der Waals surface area contributed by atoms with Crippen LogP contribution >= 0.6 is 11.6 Å². The molecule has 0 amide bonds. The first-order valence-corrected chi connectivity index (χ1v) is 9.14.